The smallest absolute Gasteiger partial charge is 0.335 e. The maximum Gasteiger partial charge on any atom is 0.335 e. The Balaban J connectivity index is 1.90. The minimum Gasteiger partial charge on any atom is -0.478 e. The Morgan fingerprint density at radius 2 is 2.21 bits per heavy atom. The molecule has 5 heteroatoms. The number of aryl methyl sites for hydroxylation is 1. The van der Waals surface area contributed by atoms with Crippen molar-refractivity contribution in [3.8, 4) is 0 Å². The van der Waals surface area contributed by atoms with Crippen molar-refractivity contribution in [1.29, 1.82) is 0 Å². The number of imidazole rings is 1. The lowest BCUT2D eigenvalue weighted by molar-refractivity contribution is 0.0697. The van der Waals surface area contributed by atoms with E-state index < -0.39 is 5.97 Å². The summed E-state index contributed by atoms with van der Waals surface area (Å²) in [6, 6.07) is 5.27. The van der Waals surface area contributed by atoms with E-state index in [2.05, 4.69) is 14.5 Å². The Morgan fingerprint density at radius 1 is 1.37 bits per heavy atom. The minimum absolute atomic E-state index is 0.333. The zero-order valence-electron chi connectivity index (χ0n) is 10.7. The highest BCUT2D eigenvalue weighted by molar-refractivity contribution is 5.88. The maximum atomic E-state index is 10.9. The quantitative estimate of drug-likeness (QED) is 0.892. The SMILES string of the molecule is Cc1cc(C(=O)O)ccc1N1CCn2ccnc2C1. The van der Waals surface area contributed by atoms with Gasteiger partial charge in [-0.05, 0) is 30.7 Å². The fourth-order valence-corrected chi connectivity index (χ4v) is 2.52. The highest BCUT2D eigenvalue weighted by Crippen LogP contribution is 2.25. The van der Waals surface area contributed by atoms with E-state index in [0.717, 1.165) is 36.7 Å². The predicted molar refractivity (Wildman–Crippen MR) is 71.4 cm³/mol. The zero-order chi connectivity index (χ0) is 13.4. The van der Waals surface area contributed by atoms with Crippen LogP contribution in [0.5, 0.6) is 0 Å². The first-order valence-corrected chi connectivity index (χ1v) is 6.24. The number of aromatic nitrogens is 2. The molecule has 1 aliphatic heterocycles. The molecule has 2 aromatic rings. The summed E-state index contributed by atoms with van der Waals surface area (Å²) in [5, 5.41) is 8.99. The first-order chi connectivity index (χ1) is 9.15. The Kier molecular flexibility index (Phi) is 2.74. The van der Waals surface area contributed by atoms with E-state index in [4.69, 9.17) is 5.11 Å². The molecule has 0 atom stereocenters. The molecule has 0 fully saturated rings. The second-order valence-electron chi connectivity index (χ2n) is 4.76. The summed E-state index contributed by atoms with van der Waals surface area (Å²) < 4.78 is 2.15. The van der Waals surface area contributed by atoms with Crippen LogP contribution in [-0.4, -0.2) is 27.2 Å². The van der Waals surface area contributed by atoms with Gasteiger partial charge in [-0.3, -0.25) is 0 Å². The Labute approximate surface area is 111 Å². The number of fused-ring (bicyclic) bond motifs is 1. The zero-order valence-corrected chi connectivity index (χ0v) is 10.7. The molecule has 0 spiro atoms. The van der Waals surface area contributed by atoms with Crippen molar-refractivity contribution in [3.05, 3.63) is 47.5 Å². The second-order valence-corrected chi connectivity index (χ2v) is 4.76. The van der Waals surface area contributed by atoms with Crippen molar-refractivity contribution in [2.45, 2.75) is 20.0 Å². The van der Waals surface area contributed by atoms with Crippen LogP contribution in [0.25, 0.3) is 0 Å². The van der Waals surface area contributed by atoms with Gasteiger partial charge in [-0.15, -0.1) is 0 Å². The lowest BCUT2D eigenvalue weighted by Crippen LogP contribution is -2.34. The highest BCUT2D eigenvalue weighted by Gasteiger charge is 2.18. The van der Waals surface area contributed by atoms with Crippen LogP contribution in [0, 0.1) is 6.92 Å². The molecule has 0 unspecified atom stereocenters. The van der Waals surface area contributed by atoms with Crippen LogP contribution in [0.3, 0.4) is 0 Å². The third-order valence-electron chi connectivity index (χ3n) is 3.53. The molecule has 0 bridgehead atoms. The molecule has 0 radical (unpaired) electrons. The van der Waals surface area contributed by atoms with Gasteiger partial charge in [0.15, 0.2) is 0 Å². The van der Waals surface area contributed by atoms with Crippen LogP contribution in [-0.2, 0) is 13.1 Å². The van der Waals surface area contributed by atoms with Gasteiger partial charge in [-0.1, -0.05) is 0 Å². The van der Waals surface area contributed by atoms with Gasteiger partial charge in [0.25, 0.3) is 0 Å². The lowest BCUT2D eigenvalue weighted by Gasteiger charge is -2.30. The average molecular weight is 257 g/mol. The van der Waals surface area contributed by atoms with Gasteiger partial charge in [-0.25, -0.2) is 9.78 Å². The van der Waals surface area contributed by atoms with Crippen LogP contribution >= 0.6 is 0 Å². The summed E-state index contributed by atoms with van der Waals surface area (Å²) in [6.45, 7) is 4.54. The van der Waals surface area contributed by atoms with E-state index in [-0.39, 0.29) is 0 Å². The fourth-order valence-electron chi connectivity index (χ4n) is 2.52. The lowest BCUT2D eigenvalue weighted by atomic mass is 10.1. The van der Waals surface area contributed by atoms with Gasteiger partial charge >= 0.3 is 5.97 Å². The molecule has 1 aliphatic rings. The summed E-state index contributed by atoms with van der Waals surface area (Å²) in [4.78, 5) is 17.5. The molecule has 19 heavy (non-hydrogen) atoms. The van der Waals surface area contributed by atoms with Crippen LogP contribution in [0.4, 0.5) is 5.69 Å². The second kappa shape index (κ2) is 4.42. The summed E-state index contributed by atoms with van der Waals surface area (Å²) >= 11 is 0. The van der Waals surface area contributed by atoms with Crippen LogP contribution < -0.4 is 4.90 Å². The Hall–Kier alpha value is -2.30. The molecular weight excluding hydrogens is 242 g/mol. The molecule has 0 saturated heterocycles. The Morgan fingerprint density at radius 3 is 2.95 bits per heavy atom. The molecule has 1 aromatic heterocycles. The van der Waals surface area contributed by atoms with E-state index in [1.807, 2.05) is 25.4 Å². The predicted octanol–water partition coefficient (Wildman–Crippen LogP) is 1.91. The average Bonchev–Trinajstić information content (AvgIpc) is 2.85. The number of rotatable bonds is 2. The van der Waals surface area contributed by atoms with Crippen molar-refractivity contribution in [3.63, 3.8) is 0 Å². The third kappa shape index (κ3) is 2.07. The summed E-state index contributed by atoms with van der Waals surface area (Å²) in [7, 11) is 0. The van der Waals surface area contributed by atoms with E-state index in [1.165, 1.54) is 0 Å². The van der Waals surface area contributed by atoms with Crippen LogP contribution in [0.1, 0.15) is 21.7 Å². The number of carboxylic acid groups (broad SMARTS) is 1. The molecule has 2 heterocycles. The van der Waals surface area contributed by atoms with Gasteiger partial charge in [0.05, 0.1) is 12.1 Å². The van der Waals surface area contributed by atoms with Crippen molar-refractivity contribution in [2.24, 2.45) is 0 Å². The summed E-state index contributed by atoms with van der Waals surface area (Å²) in [5.41, 5.74) is 2.40. The number of carboxylic acids is 1. The molecule has 0 aliphatic carbocycles. The van der Waals surface area contributed by atoms with Gasteiger partial charge in [0.2, 0.25) is 0 Å². The van der Waals surface area contributed by atoms with Crippen molar-refractivity contribution in [1.82, 2.24) is 9.55 Å². The van der Waals surface area contributed by atoms with E-state index in [1.54, 1.807) is 12.1 Å². The Bertz CT molecular complexity index is 633. The molecular formula is C14H15N3O2. The first-order valence-electron chi connectivity index (χ1n) is 6.24. The van der Waals surface area contributed by atoms with E-state index in [9.17, 15) is 4.79 Å². The topological polar surface area (TPSA) is 58.4 Å². The number of hydrogen-bond donors (Lipinski definition) is 1. The third-order valence-corrected chi connectivity index (χ3v) is 3.53. The largest absolute Gasteiger partial charge is 0.478 e. The maximum absolute atomic E-state index is 10.9. The standard InChI is InChI=1S/C14H15N3O2/c1-10-8-11(14(18)19)2-3-12(10)17-7-6-16-5-4-15-13(16)9-17/h2-5,8H,6-7,9H2,1H3,(H,18,19). The van der Waals surface area contributed by atoms with E-state index in [0.29, 0.717) is 5.56 Å². The van der Waals surface area contributed by atoms with Crippen molar-refractivity contribution in [2.75, 3.05) is 11.4 Å². The molecule has 0 amide bonds. The molecule has 0 saturated carbocycles. The molecule has 1 aromatic carbocycles. The van der Waals surface area contributed by atoms with E-state index >= 15 is 0 Å². The van der Waals surface area contributed by atoms with Gasteiger partial charge < -0.3 is 14.6 Å². The van der Waals surface area contributed by atoms with Crippen LogP contribution in [0.15, 0.2) is 30.6 Å². The number of anilines is 1. The number of nitrogens with zero attached hydrogens (tertiary/aromatic N) is 3. The van der Waals surface area contributed by atoms with Crippen molar-refractivity contribution >= 4 is 11.7 Å². The summed E-state index contributed by atoms with van der Waals surface area (Å²) in [5.74, 6) is 0.164. The van der Waals surface area contributed by atoms with Crippen molar-refractivity contribution < 1.29 is 9.90 Å². The normalized spacial score (nSPS) is 14.3. The number of hydrogen-bond acceptors (Lipinski definition) is 3. The summed E-state index contributed by atoms with van der Waals surface area (Å²) in [6.07, 6.45) is 3.81. The molecule has 98 valence electrons. The fraction of sp³-hybridized carbons (Fsp3) is 0.286. The number of carbonyl (C=O) groups is 1. The molecule has 1 N–H and O–H groups in total. The van der Waals surface area contributed by atoms with Gasteiger partial charge in [-0.2, -0.15) is 0 Å². The number of benzene rings is 1. The minimum atomic E-state index is -0.885. The monoisotopic (exact) mass is 257 g/mol. The van der Waals surface area contributed by atoms with Gasteiger partial charge in [0.1, 0.15) is 5.82 Å². The first kappa shape index (κ1) is 11.8. The highest BCUT2D eigenvalue weighted by atomic mass is 16.4. The van der Waals surface area contributed by atoms with Crippen LogP contribution in [0.2, 0.25) is 0 Å². The molecule has 3 rings (SSSR count). The molecule has 5 nitrogen and oxygen atoms in total. The number of aromatic carboxylic acids is 1. The van der Waals surface area contributed by atoms with Gasteiger partial charge in [0, 0.05) is 31.2 Å².